The molecule has 0 bridgehead atoms. The minimum absolute atomic E-state index is 0.0383. The average molecular weight is 307 g/mol. The fourth-order valence-electron chi connectivity index (χ4n) is 2.10. The molecule has 0 aromatic carbocycles. The van der Waals surface area contributed by atoms with E-state index in [1.54, 1.807) is 0 Å². The van der Waals surface area contributed by atoms with Gasteiger partial charge in [-0.2, -0.15) is 4.37 Å². The average Bonchev–Trinajstić information content (AvgIpc) is 2.71. The van der Waals surface area contributed by atoms with E-state index in [2.05, 4.69) is 4.37 Å². The summed E-state index contributed by atoms with van der Waals surface area (Å²) in [5.74, 6) is 0.0383. The Kier molecular flexibility index (Phi) is 5.57. The molecule has 1 rings (SSSR count). The third-order valence-corrected chi connectivity index (χ3v) is 5.19. The van der Waals surface area contributed by atoms with Gasteiger partial charge in [0.25, 0.3) is 0 Å². The first-order chi connectivity index (χ1) is 8.86. The molecular formula is C11H21N3O3S2. The van der Waals surface area contributed by atoms with Gasteiger partial charge in [0, 0.05) is 18.8 Å². The molecule has 0 fully saturated rings. The quantitative estimate of drug-likeness (QED) is 0.783. The number of hydrogen-bond acceptors (Lipinski definition) is 7. The minimum Gasteiger partial charge on any atom is -0.395 e. The van der Waals surface area contributed by atoms with Crippen LogP contribution in [0.1, 0.15) is 26.7 Å². The SMILES string of the molecule is CCC(CC)N(CCO)c1snc(N)c1S(C)(=O)=O. The molecule has 0 spiro atoms. The van der Waals surface area contributed by atoms with Crippen LogP contribution in [-0.4, -0.2) is 43.3 Å². The largest absolute Gasteiger partial charge is 0.395 e. The lowest BCUT2D eigenvalue weighted by Gasteiger charge is -2.31. The van der Waals surface area contributed by atoms with Crippen LogP contribution in [0.25, 0.3) is 0 Å². The van der Waals surface area contributed by atoms with Crippen LogP contribution in [0.3, 0.4) is 0 Å². The number of sulfone groups is 1. The van der Waals surface area contributed by atoms with Crippen LogP contribution in [-0.2, 0) is 9.84 Å². The number of hydrogen-bond donors (Lipinski definition) is 2. The first kappa shape index (κ1) is 16.2. The molecule has 1 aromatic rings. The highest BCUT2D eigenvalue weighted by atomic mass is 32.2. The van der Waals surface area contributed by atoms with E-state index >= 15 is 0 Å². The van der Waals surface area contributed by atoms with Crippen molar-refractivity contribution in [3.8, 4) is 0 Å². The van der Waals surface area contributed by atoms with Crippen LogP contribution in [0.2, 0.25) is 0 Å². The van der Waals surface area contributed by atoms with Gasteiger partial charge in [-0.05, 0) is 24.4 Å². The van der Waals surface area contributed by atoms with Crippen molar-refractivity contribution in [2.45, 2.75) is 37.6 Å². The molecule has 110 valence electrons. The summed E-state index contributed by atoms with van der Waals surface area (Å²) in [5, 5.41) is 9.73. The highest BCUT2D eigenvalue weighted by molar-refractivity contribution is 7.91. The van der Waals surface area contributed by atoms with Crippen molar-refractivity contribution in [1.82, 2.24) is 4.37 Å². The summed E-state index contributed by atoms with van der Waals surface area (Å²) in [6.45, 7) is 4.39. The zero-order valence-corrected chi connectivity index (χ0v) is 13.1. The summed E-state index contributed by atoms with van der Waals surface area (Å²) in [6, 6.07) is 0.160. The molecule has 1 heterocycles. The standard InChI is InChI=1S/C11H21N3O3S2/c1-4-8(5-2)14(6-7-15)11-9(19(3,16)17)10(12)13-18-11/h8,15H,4-7H2,1-3H3,(H2,12,13). The fraction of sp³-hybridized carbons (Fsp3) is 0.727. The Hall–Kier alpha value is -0.860. The maximum atomic E-state index is 11.8. The second-order valence-corrected chi connectivity index (χ2v) is 7.07. The fourth-order valence-corrected chi connectivity index (χ4v) is 4.40. The lowest BCUT2D eigenvalue weighted by molar-refractivity contribution is 0.296. The predicted molar refractivity (Wildman–Crippen MR) is 78.4 cm³/mol. The van der Waals surface area contributed by atoms with E-state index in [0.717, 1.165) is 30.6 Å². The van der Waals surface area contributed by atoms with Crippen molar-refractivity contribution in [3.05, 3.63) is 0 Å². The van der Waals surface area contributed by atoms with Crippen LogP contribution < -0.4 is 10.6 Å². The Morgan fingerprint density at radius 2 is 2.00 bits per heavy atom. The van der Waals surface area contributed by atoms with E-state index in [0.29, 0.717) is 11.5 Å². The molecule has 0 saturated heterocycles. The molecule has 0 unspecified atom stereocenters. The molecule has 0 aliphatic carbocycles. The number of rotatable bonds is 7. The Bertz CT molecular complexity index is 509. The van der Waals surface area contributed by atoms with Gasteiger partial charge in [0.1, 0.15) is 9.90 Å². The van der Waals surface area contributed by atoms with Crippen LogP contribution in [0.5, 0.6) is 0 Å². The van der Waals surface area contributed by atoms with E-state index in [9.17, 15) is 13.5 Å². The van der Waals surface area contributed by atoms with E-state index in [-0.39, 0.29) is 23.4 Å². The topological polar surface area (TPSA) is 96.5 Å². The van der Waals surface area contributed by atoms with Crippen molar-refractivity contribution in [2.75, 3.05) is 30.0 Å². The number of nitrogens with zero attached hydrogens (tertiary/aromatic N) is 2. The van der Waals surface area contributed by atoms with Gasteiger partial charge < -0.3 is 15.7 Å². The Balaban J connectivity index is 3.31. The lowest BCUT2D eigenvalue weighted by Crippen LogP contribution is -2.37. The van der Waals surface area contributed by atoms with E-state index in [1.165, 1.54) is 0 Å². The lowest BCUT2D eigenvalue weighted by atomic mass is 10.1. The molecule has 3 N–H and O–H groups in total. The van der Waals surface area contributed by atoms with E-state index < -0.39 is 9.84 Å². The number of anilines is 2. The summed E-state index contributed by atoms with van der Waals surface area (Å²) in [7, 11) is -3.43. The van der Waals surface area contributed by atoms with Gasteiger partial charge in [-0.15, -0.1) is 0 Å². The van der Waals surface area contributed by atoms with Gasteiger partial charge in [-0.25, -0.2) is 8.42 Å². The number of nitrogen functional groups attached to an aromatic ring is 1. The third-order valence-electron chi connectivity index (χ3n) is 3.01. The normalized spacial score (nSPS) is 12.1. The number of aliphatic hydroxyl groups excluding tert-OH is 1. The van der Waals surface area contributed by atoms with Gasteiger partial charge in [0.15, 0.2) is 15.7 Å². The second-order valence-electron chi connectivity index (χ2n) is 4.36. The number of aromatic nitrogens is 1. The van der Waals surface area contributed by atoms with E-state index in [4.69, 9.17) is 5.73 Å². The summed E-state index contributed by atoms with van der Waals surface area (Å²) in [6.07, 6.45) is 2.84. The number of aliphatic hydroxyl groups is 1. The molecule has 0 saturated carbocycles. The van der Waals surface area contributed by atoms with Gasteiger partial charge in [0.2, 0.25) is 0 Å². The molecule has 0 radical (unpaired) electrons. The first-order valence-electron chi connectivity index (χ1n) is 6.19. The van der Waals surface area contributed by atoms with Gasteiger partial charge in [0.05, 0.1) is 6.61 Å². The molecule has 19 heavy (non-hydrogen) atoms. The molecular weight excluding hydrogens is 286 g/mol. The van der Waals surface area contributed by atoms with Crippen LogP contribution in [0.4, 0.5) is 10.8 Å². The zero-order valence-electron chi connectivity index (χ0n) is 11.5. The Morgan fingerprint density at radius 3 is 2.42 bits per heavy atom. The summed E-state index contributed by atoms with van der Waals surface area (Å²) in [4.78, 5) is 1.97. The molecule has 8 heteroatoms. The summed E-state index contributed by atoms with van der Waals surface area (Å²) >= 11 is 1.07. The van der Waals surface area contributed by atoms with Crippen molar-refractivity contribution >= 4 is 32.2 Å². The first-order valence-corrected chi connectivity index (χ1v) is 8.85. The maximum Gasteiger partial charge on any atom is 0.182 e. The van der Waals surface area contributed by atoms with Crippen molar-refractivity contribution in [1.29, 1.82) is 0 Å². The zero-order chi connectivity index (χ0) is 14.6. The highest BCUT2D eigenvalue weighted by Crippen LogP contribution is 2.36. The van der Waals surface area contributed by atoms with Gasteiger partial charge in [-0.3, -0.25) is 0 Å². The Labute approximate surface area is 118 Å². The summed E-state index contributed by atoms with van der Waals surface area (Å²) < 4.78 is 27.6. The number of nitrogens with two attached hydrogens (primary N) is 1. The second kappa shape index (κ2) is 6.53. The molecule has 0 atom stereocenters. The van der Waals surface area contributed by atoms with E-state index in [1.807, 2.05) is 18.7 Å². The smallest absolute Gasteiger partial charge is 0.182 e. The highest BCUT2D eigenvalue weighted by Gasteiger charge is 2.27. The van der Waals surface area contributed by atoms with Crippen LogP contribution in [0.15, 0.2) is 4.90 Å². The van der Waals surface area contributed by atoms with Gasteiger partial charge >= 0.3 is 0 Å². The van der Waals surface area contributed by atoms with Crippen LogP contribution in [0, 0.1) is 0 Å². The van der Waals surface area contributed by atoms with Crippen molar-refractivity contribution in [2.24, 2.45) is 0 Å². The minimum atomic E-state index is -3.43. The van der Waals surface area contributed by atoms with Crippen LogP contribution >= 0.6 is 11.5 Å². The van der Waals surface area contributed by atoms with Crippen molar-refractivity contribution < 1.29 is 13.5 Å². The molecule has 6 nitrogen and oxygen atoms in total. The Morgan fingerprint density at radius 1 is 1.42 bits per heavy atom. The molecule has 0 aliphatic rings. The maximum absolute atomic E-state index is 11.8. The monoisotopic (exact) mass is 307 g/mol. The predicted octanol–water partition coefficient (Wildman–Crippen LogP) is 1.12. The molecule has 0 amide bonds. The molecule has 0 aliphatic heterocycles. The third kappa shape index (κ3) is 3.58. The van der Waals surface area contributed by atoms with Gasteiger partial charge in [-0.1, -0.05) is 13.8 Å². The van der Waals surface area contributed by atoms with Crippen molar-refractivity contribution in [3.63, 3.8) is 0 Å². The molecule has 1 aromatic heterocycles. The summed E-state index contributed by atoms with van der Waals surface area (Å²) in [5.41, 5.74) is 5.68.